The number of alkyl halides is 2. The molecule has 0 fully saturated rings. The molecule has 1 aromatic carbocycles. The Morgan fingerprint density at radius 1 is 1.35 bits per heavy atom. The number of halogens is 2. The maximum absolute atomic E-state index is 13.4. The second-order valence-electron chi connectivity index (χ2n) is 4.54. The zero-order valence-electron chi connectivity index (χ0n) is 9.09. The smallest absolute Gasteiger partial charge is 0.252 e. The van der Waals surface area contributed by atoms with Gasteiger partial charge in [0.1, 0.15) is 6.29 Å². The van der Waals surface area contributed by atoms with Crippen molar-refractivity contribution in [2.75, 3.05) is 0 Å². The van der Waals surface area contributed by atoms with E-state index < -0.39 is 5.92 Å². The van der Waals surface area contributed by atoms with Crippen molar-refractivity contribution in [2.24, 2.45) is 0 Å². The molecule has 0 saturated heterocycles. The van der Waals surface area contributed by atoms with Gasteiger partial charge < -0.3 is 4.98 Å². The summed E-state index contributed by atoms with van der Waals surface area (Å²) in [6, 6.07) is 5.14. The number of aryl methyl sites for hydroxylation is 1. The highest BCUT2D eigenvalue weighted by atomic mass is 19.3. The molecule has 0 radical (unpaired) electrons. The van der Waals surface area contributed by atoms with E-state index in [-0.39, 0.29) is 12.8 Å². The van der Waals surface area contributed by atoms with Crippen LogP contribution < -0.4 is 0 Å². The molecule has 2 nitrogen and oxygen atoms in total. The zero-order valence-corrected chi connectivity index (χ0v) is 9.09. The van der Waals surface area contributed by atoms with Crippen LogP contribution in [0.5, 0.6) is 0 Å². The summed E-state index contributed by atoms with van der Waals surface area (Å²) in [4.78, 5) is 13.9. The van der Waals surface area contributed by atoms with Gasteiger partial charge in [-0.15, -0.1) is 0 Å². The third-order valence-corrected chi connectivity index (χ3v) is 3.33. The van der Waals surface area contributed by atoms with Gasteiger partial charge >= 0.3 is 0 Å². The van der Waals surface area contributed by atoms with E-state index in [2.05, 4.69) is 4.98 Å². The second kappa shape index (κ2) is 3.39. The van der Waals surface area contributed by atoms with Crippen LogP contribution in [-0.4, -0.2) is 17.2 Å². The fraction of sp³-hybridized carbons (Fsp3) is 0.308. The van der Waals surface area contributed by atoms with Crippen molar-refractivity contribution in [1.82, 2.24) is 4.98 Å². The van der Waals surface area contributed by atoms with Crippen molar-refractivity contribution in [1.29, 1.82) is 0 Å². The highest BCUT2D eigenvalue weighted by Gasteiger charge is 2.35. The van der Waals surface area contributed by atoms with E-state index in [0.29, 0.717) is 17.5 Å². The Kier molecular flexibility index (Phi) is 2.08. The molecule has 3 rings (SSSR count). The van der Waals surface area contributed by atoms with Crippen molar-refractivity contribution in [3.05, 3.63) is 35.0 Å². The summed E-state index contributed by atoms with van der Waals surface area (Å²) in [5.74, 6) is -2.63. The topological polar surface area (TPSA) is 32.9 Å². The van der Waals surface area contributed by atoms with Gasteiger partial charge in [-0.05, 0) is 30.2 Å². The van der Waals surface area contributed by atoms with Gasteiger partial charge in [0.25, 0.3) is 5.92 Å². The molecule has 0 spiro atoms. The number of fused-ring (bicyclic) bond motifs is 3. The van der Waals surface area contributed by atoms with Crippen LogP contribution in [0.15, 0.2) is 18.2 Å². The third-order valence-electron chi connectivity index (χ3n) is 3.33. The molecular formula is C13H11F2NO. The molecule has 0 atom stereocenters. The van der Waals surface area contributed by atoms with E-state index in [0.717, 1.165) is 22.9 Å². The molecule has 0 saturated carbocycles. The minimum absolute atomic E-state index is 0.104. The Labute approximate surface area is 96.6 Å². The van der Waals surface area contributed by atoms with Crippen LogP contribution in [0.25, 0.3) is 10.9 Å². The summed E-state index contributed by atoms with van der Waals surface area (Å²) < 4.78 is 26.8. The zero-order chi connectivity index (χ0) is 12.0. The lowest BCUT2D eigenvalue weighted by Crippen LogP contribution is -2.25. The first-order chi connectivity index (χ1) is 8.09. The molecule has 0 unspecified atom stereocenters. The van der Waals surface area contributed by atoms with E-state index in [4.69, 9.17) is 0 Å². The number of rotatable bonds is 1. The first-order valence-corrected chi connectivity index (χ1v) is 5.55. The molecule has 2 aromatic rings. The maximum atomic E-state index is 13.4. The SMILES string of the molecule is O=Cc1ccc2[nH]c3c(c2c1)CC(F)(F)CC3. The molecule has 88 valence electrons. The summed E-state index contributed by atoms with van der Waals surface area (Å²) in [6.45, 7) is 0. The molecule has 1 heterocycles. The number of H-pyrrole nitrogens is 1. The Balaban J connectivity index is 2.22. The van der Waals surface area contributed by atoms with Crippen LogP contribution in [0.1, 0.15) is 28.0 Å². The number of aromatic amines is 1. The molecule has 4 heteroatoms. The van der Waals surface area contributed by atoms with Gasteiger partial charge in [0.2, 0.25) is 0 Å². The quantitative estimate of drug-likeness (QED) is 0.757. The van der Waals surface area contributed by atoms with Gasteiger partial charge in [0, 0.05) is 35.0 Å². The van der Waals surface area contributed by atoms with E-state index in [1.807, 2.05) is 0 Å². The molecule has 0 amide bonds. The number of nitrogens with one attached hydrogen (secondary N) is 1. The minimum Gasteiger partial charge on any atom is -0.358 e. The normalized spacial score (nSPS) is 18.0. The van der Waals surface area contributed by atoms with E-state index in [1.165, 1.54) is 0 Å². The van der Waals surface area contributed by atoms with Crippen LogP contribution in [0.2, 0.25) is 0 Å². The van der Waals surface area contributed by atoms with Crippen molar-refractivity contribution >= 4 is 17.2 Å². The van der Waals surface area contributed by atoms with Gasteiger partial charge in [0.05, 0.1) is 0 Å². The molecule has 1 aromatic heterocycles. The predicted molar refractivity (Wildman–Crippen MR) is 60.7 cm³/mol. The van der Waals surface area contributed by atoms with Gasteiger partial charge in [-0.2, -0.15) is 0 Å². The average Bonchev–Trinajstić information content (AvgIpc) is 2.65. The maximum Gasteiger partial charge on any atom is 0.252 e. The number of carbonyl (C=O) groups excluding carboxylic acids is 1. The van der Waals surface area contributed by atoms with E-state index in [9.17, 15) is 13.6 Å². The largest absolute Gasteiger partial charge is 0.358 e. The Morgan fingerprint density at radius 3 is 2.94 bits per heavy atom. The first-order valence-electron chi connectivity index (χ1n) is 5.55. The number of hydrogen-bond donors (Lipinski definition) is 1. The highest BCUT2D eigenvalue weighted by molar-refractivity contribution is 5.90. The fourth-order valence-electron chi connectivity index (χ4n) is 2.46. The van der Waals surface area contributed by atoms with Crippen LogP contribution in [0.4, 0.5) is 8.78 Å². The monoisotopic (exact) mass is 235 g/mol. The molecule has 1 aliphatic carbocycles. The Hall–Kier alpha value is -1.71. The molecule has 0 aliphatic heterocycles. The summed E-state index contributed by atoms with van der Waals surface area (Å²) in [5, 5.41) is 0.754. The third kappa shape index (κ3) is 1.64. The van der Waals surface area contributed by atoms with Gasteiger partial charge in [0.15, 0.2) is 0 Å². The molecule has 1 aliphatic rings. The van der Waals surface area contributed by atoms with Crippen LogP contribution >= 0.6 is 0 Å². The van der Waals surface area contributed by atoms with Gasteiger partial charge in [-0.25, -0.2) is 8.78 Å². The van der Waals surface area contributed by atoms with Crippen LogP contribution in [-0.2, 0) is 12.8 Å². The Morgan fingerprint density at radius 2 is 2.18 bits per heavy atom. The molecule has 17 heavy (non-hydrogen) atoms. The lowest BCUT2D eigenvalue weighted by molar-refractivity contribution is -0.0121. The van der Waals surface area contributed by atoms with E-state index >= 15 is 0 Å². The second-order valence-corrected chi connectivity index (χ2v) is 4.54. The number of benzene rings is 1. The standard InChI is InChI=1S/C13H11F2NO/c14-13(15)4-3-12-10(6-13)9-5-8(7-17)1-2-11(9)16-12/h1-2,5,7,16H,3-4,6H2. The summed E-state index contributed by atoms with van der Waals surface area (Å²) in [6.07, 6.45) is 0.769. The average molecular weight is 235 g/mol. The van der Waals surface area contributed by atoms with Crippen LogP contribution in [0, 0.1) is 0 Å². The highest BCUT2D eigenvalue weighted by Crippen LogP contribution is 2.36. The molecule has 1 N–H and O–H groups in total. The fourth-order valence-corrected chi connectivity index (χ4v) is 2.46. The lowest BCUT2D eigenvalue weighted by Gasteiger charge is -2.21. The summed E-state index contributed by atoms with van der Waals surface area (Å²) in [5.41, 5.74) is 2.90. The van der Waals surface area contributed by atoms with Crippen molar-refractivity contribution in [3.63, 3.8) is 0 Å². The summed E-state index contributed by atoms with van der Waals surface area (Å²) >= 11 is 0. The van der Waals surface area contributed by atoms with Crippen molar-refractivity contribution in [3.8, 4) is 0 Å². The first kappa shape index (κ1) is 10.4. The number of aldehydes is 1. The number of carbonyl (C=O) groups is 1. The molecular weight excluding hydrogens is 224 g/mol. The van der Waals surface area contributed by atoms with Gasteiger partial charge in [-0.3, -0.25) is 4.79 Å². The minimum atomic E-state index is -2.63. The van der Waals surface area contributed by atoms with E-state index in [1.54, 1.807) is 18.2 Å². The number of hydrogen-bond acceptors (Lipinski definition) is 1. The van der Waals surface area contributed by atoms with Crippen LogP contribution in [0.3, 0.4) is 0 Å². The molecule has 0 bridgehead atoms. The predicted octanol–water partition coefficient (Wildman–Crippen LogP) is 3.10. The Bertz CT molecular complexity index is 601. The van der Waals surface area contributed by atoms with Crippen molar-refractivity contribution < 1.29 is 13.6 Å². The lowest BCUT2D eigenvalue weighted by atomic mass is 9.92. The van der Waals surface area contributed by atoms with Crippen molar-refractivity contribution in [2.45, 2.75) is 25.2 Å². The number of aromatic nitrogens is 1. The summed E-state index contributed by atoms with van der Waals surface area (Å²) in [7, 11) is 0. The van der Waals surface area contributed by atoms with Gasteiger partial charge in [-0.1, -0.05) is 0 Å².